The lowest BCUT2D eigenvalue weighted by Crippen LogP contribution is -2.05. The zero-order chi connectivity index (χ0) is 14.8. The van der Waals surface area contributed by atoms with Crippen LogP contribution in [0.4, 0.5) is 0 Å². The normalized spacial score (nSPS) is 10.8. The molecule has 3 aromatic rings. The molecule has 0 fully saturated rings. The molecule has 0 aliphatic rings. The number of hydrogen-bond donors (Lipinski definition) is 0. The molecule has 3 rings (SSSR count). The van der Waals surface area contributed by atoms with Gasteiger partial charge in [-0.25, -0.2) is 4.79 Å². The number of esters is 1. The van der Waals surface area contributed by atoms with E-state index in [4.69, 9.17) is 4.74 Å². The zero-order valence-electron chi connectivity index (χ0n) is 11.8. The van der Waals surface area contributed by atoms with E-state index in [1.165, 1.54) is 7.11 Å². The number of rotatable bonds is 3. The Morgan fingerprint density at radius 3 is 2.81 bits per heavy atom. The Hall–Kier alpha value is -2.76. The largest absolute Gasteiger partial charge is 0.465 e. The highest BCUT2D eigenvalue weighted by Crippen LogP contribution is 2.19. The summed E-state index contributed by atoms with van der Waals surface area (Å²) in [6.07, 6.45) is 5.12. The van der Waals surface area contributed by atoms with E-state index in [0.29, 0.717) is 12.1 Å². The minimum absolute atomic E-state index is 0.365. The van der Waals surface area contributed by atoms with Crippen molar-refractivity contribution >= 4 is 16.9 Å². The number of aromatic nitrogens is 4. The summed E-state index contributed by atoms with van der Waals surface area (Å²) >= 11 is 0. The highest BCUT2D eigenvalue weighted by Gasteiger charge is 2.13. The molecule has 0 aliphatic carbocycles. The summed E-state index contributed by atoms with van der Waals surface area (Å²) in [5.74, 6) is -0.365. The number of methoxy groups -OCH3 is 1. The second kappa shape index (κ2) is 5.32. The van der Waals surface area contributed by atoms with Crippen molar-refractivity contribution in [1.29, 1.82) is 0 Å². The molecule has 0 aliphatic heterocycles. The van der Waals surface area contributed by atoms with Crippen molar-refractivity contribution in [3.05, 3.63) is 53.7 Å². The van der Waals surface area contributed by atoms with E-state index in [1.807, 2.05) is 19.1 Å². The van der Waals surface area contributed by atoms with E-state index in [-0.39, 0.29) is 5.97 Å². The predicted molar refractivity (Wildman–Crippen MR) is 76.9 cm³/mol. The third kappa shape index (κ3) is 2.47. The Morgan fingerprint density at radius 2 is 2.10 bits per heavy atom. The van der Waals surface area contributed by atoms with Gasteiger partial charge in [0.15, 0.2) is 0 Å². The van der Waals surface area contributed by atoms with Gasteiger partial charge < -0.3 is 4.74 Å². The first kappa shape index (κ1) is 13.2. The van der Waals surface area contributed by atoms with E-state index in [0.717, 1.165) is 22.3 Å². The number of carbonyl (C=O) groups is 1. The van der Waals surface area contributed by atoms with Crippen LogP contribution in [0, 0.1) is 6.92 Å². The Bertz CT molecular complexity index is 793. The predicted octanol–water partition coefficient (Wildman–Crippen LogP) is 1.97. The maximum atomic E-state index is 11.8. The van der Waals surface area contributed by atoms with Gasteiger partial charge in [-0.3, -0.25) is 14.6 Å². The van der Waals surface area contributed by atoms with Gasteiger partial charge in [-0.15, -0.1) is 0 Å². The van der Waals surface area contributed by atoms with Crippen molar-refractivity contribution in [3.8, 4) is 0 Å². The molecule has 0 saturated carbocycles. The lowest BCUT2D eigenvalue weighted by Gasteiger charge is -2.04. The SMILES string of the molecule is COC(=O)c1cccc2c1cnn2Cc1cnc(C)cn1. The van der Waals surface area contributed by atoms with Crippen LogP contribution >= 0.6 is 0 Å². The van der Waals surface area contributed by atoms with Crippen LogP contribution in [-0.2, 0) is 11.3 Å². The smallest absolute Gasteiger partial charge is 0.338 e. The highest BCUT2D eigenvalue weighted by molar-refractivity contribution is 6.03. The van der Waals surface area contributed by atoms with Crippen LogP contribution in [0.25, 0.3) is 10.9 Å². The van der Waals surface area contributed by atoms with Gasteiger partial charge in [0.05, 0.1) is 48.5 Å². The van der Waals surface area contributed by atoms with Gasteiger partial charge in [-0.05, 0) is 19.1 Å². The minimum Gasteiger partial charge on any atom is -0.465 e. The number of ether oxygens (including phenoxy) is 1. The van der Waals surface area contributed by atoms with Crippen molar-refractivity contribution in [2.45, 2.75) is 13.5 Å². The Kier molecular flexibility index (Phi) is 3.35. The minimum atomic E-state index is -0.365. The molecule has 6 heteroatoms. The number of hydrogen-bond acceptors (Lipinski definition) is 5. The maximum Gasteiger partial charge on any atom is 0.338 e. The van der Waals surface area contributed by atoms with E-state index in [9.17, 15) is 4.79 Å². The van der Waals surface area contributed by atoms with Crippen LogP contribution in [0.3, 0.4) is 0 Å². The van der Waals surface area contributed by atoms with Crippen molar-refractivity contribution in [3.63, 3.8) is 0 Å². The summed E-state index contributed by atoms with van der Waals surface area (Å²) in [6, 6.07) is 5.45. The molecule has 0 amide bonds. The number of benzene rings is 1. The summed E-state index contributed by atoms with van der Waals surface area (Å²) in [5.41, 5.74) is 3.06. The molecular formula is C15H14N4O2. The summed E-state index contributed by atoms with van der Waals surface area (Å²) < 4.78 is 6.58. The summed E-state index contributed by atoms with van der Waals surface area (Å²) in [7, 11) is 1.37. The molecule has 0 spiro atoms. The van der Waals surface area contributed by atoms with Gasteiger partial charge in [-0.2, -0.15) is 5.10 Å². The van der Waals surface area contributed by atoms with Crippen LogP contribution in [0.15, 0.2) is 36.8 Å². The van der Waals surface area contributed by atoms with E-state index in [2.05, 4.69) is 15.1 Å². The molecule has 0 radical (unpaired) electrons. The fourth-order valence-electron chi connectivity index (χ4n) is 2.17. The molecule has 0 saturated heterocycles. The molecule has 21 heavy (non-hydrogen) atoms. The first-order valence-electron chi connectivity index (χ1n) is 6.49. The van der Waals surface area contributed by atoms with Crippen LogP contribution in [0.5, 0.6) is 0 Å². The highest BCUT2D eigenvalue weighted by atomic mass is 16.5. The van der Waals surface area contributed by atoms with Crippen molar-refractivity contribution in [2.75, 3.05) is 7.11 Å². The fourth-order valence-corrected chi connectivity index (χ4v) is 2.17. The second-order valence-corrected chi connectivity index (χ2v) is 4.68. The van der Waals surface area contributed by atoms with E-state index < -0.39 is 0 Å². The van der Waals surface area contributed by atoms with Gasteiger partial charge in [0.1, 0.15) is 0 Å². The van der Waals surface area contributed by atoms with E-state index in [1.54, 1.807) is 29.3 Å². The number of aryl methyl sites for hydroxylation is 1. The lowest BCUT2D eigenvalue weighted by molar-refractivity contribution is 0.0603. The van der Waals surface area contributed by atoms with Gasteiger partial charge in [0, 0.05) is 11.6 Å². The number of nitrogens with zero attached hydrogens (tertiary/aromatic N) is 4. The van der Waals surface area contributed by atoms with E-state index >= 15 is 0 Å². The summed E-state index contributed by atoms with van der Waals surface area (Å²) in [4.78, 5) is 20.3. The van der Waals surface area contributed by atoms with Gasteiger partial charge >= 0.3 is 5.97 Å². The molecule has 0 atom stereocenters. The molecule has 0 unspecified atom stereocenters. The van der Waals surface area contributed by atoms with Gasteiger partial charge in [0.25, 0.3) is 0 Å². The quantitative estimate of drug-likeness (QED) is 0.687. The first-order valence-corrected chi connectivity index (χ1v) is 6.49. The number of carbonyl (C=O) groups excluding carboxylic acids is 1. The molecule has 2 heterocycles. The average Bonchev–Trinajstić information content (AvgIpc) is 2.92. The molecule has 0 N–H and O–H groups in total. The summed E-state index contributed by atoms with van der Waals surface area (Å²) in [6.45, 7) is 2.39. The molecule has 1 aromatic carbocycles. The standard InChI is InChI=1S/C15H14N4O2/c1-10-6-17-11(7-16-10)9-19-14-5-3-4-12(15(20)21-2)13(14)8-18-19/h3-8H,9H2,1-2H3. The molecule has 106 valence electrons. The van der Waals surface area contributed by atoms with Crippen LogP contribution in [0.1, 0.15) is 21.7 Å². The maximum absolute atomic E-state index is 11.8. The average molecular weight is 282 g/mol. The lowest BCUT2D eigenvalue weighted by atomic mass is 10.1. The van der Waals surface area contributed by atoms with Gasteiger partial charge in [-0.1, -0.05) is 6.07 Å². The second-order valence-electron chi connectivity index (χ2n) is 4.68. The Balaban J connectivity index is 2.01. The van der Waals surface area contributed by atoms with Crippen molar-refractivity contribution in [1.82, 2.24) is 19.7 Å². The third-order valence-electron chi connectivity index (χ3n) is 3.24. The molecule has 6 nitrogen and oxygen atoms in total. The topological polar surface area (TPSA) is 69.9 Å². The number of fused-ring (bicyclic) bond motifs is 1. The molecule has 0 bridgehead atoms. The first-order chi connectivity index (χ1) is 10.2. The Labute approximate surface area is 121 Å². The Morgan fingerprint density at radius 1 is 1.24 bits per heavy atom. The molecular weight excluding hydrogens is 268 g/mol. The fraction of sp³-hybridized carbons (Fsp3) is 0.200. The summed E-state index contributed by atoms with van der Waals surface area (Å²) in [5, 5.41) is 5.10. The molecule has 2 aromatic heterocycles. The van der Waals surface area contributed by atoms with Gasteiger partial charge in [0.2, 0.25) is 0 Å². The van der Waals surface area contributed by atoms with Crippen LogP contribution in [-0.4, -0.2) is 32.8 Å². The van der Waals surface area contributed by atoms with Crippen molar-refractivity contribution < 1.29 is 9.53 Å². The van der Waals surface area contributed by atoms with Crippen molar-refractivity contribution in [2.24, 2.45) is 0 Å². The van der Waals surface area contributed by atoms with Crippen LogP contribution in [0.2, 0.25) is 0 Å². The zero-order valence-corrected chi connectivity index (χ0v) is 11.8. The van der Waals surface area contributed by atoms with Crippen LogP contribution < -0.4 is 0 Å². The monoisotopic (exact) mass is 282 g/mol. The third-order valence-corrected chi connectivity index (χ3v) is 3.24.